The van der Waals surface area contributed by atoms with E-state index in [0.717, 1.165) is 5.56 Å². The number of hydrogen-bond acceptors (Lipinski definition) is 4. The number of aryl methyl sites for hydroxylation is 1. The number of anilines is 1. The van der Waals surface area contributed by atoms with E-state index in [-0.39, 0.29) is 5.91 Å². The summed E-state index contributed by atoms with van der Waals surface area (Å²) in [4.78, 5) is 16.4. The number of carbonyl (C=O) groups is 1. The Morgan fingerprint density at radius 3 is 2.48 bits per heavy atom. The summed E-state index contributed by atoms with van der Waals surface area (Å²) in [5.41, 5.74) is 1.72. The van der Waals surface area contributed by atoms with Gasteiger partial charge in [0.1, 0.15) is 0 Å². The van der Waals surface area contributed by atoms with Gasteiger partial charge in [-0.25, -0.2) is 0 Å². The molecule has 0 atom stereocenters. The number of nitrogens with zero attached hydrogens (tertiary/aromatic N) is 2. The summed E-state index contributed by atoms with van der Waals surface area (Å²) in [7, 11) is 0. The lowest BCUT2D eigenvalue weighted by atomic mass is 10.1. The molecule has 0 aliphatic carbocycles. The van der Waals surface area contributed by atoms with Crippen molar-refractivity contribution in [2.24, 2.45) is 0 Å². The molecule has 0 aliphatic heterocycles. The minimum absolute atomic E-state index is 0.275. The van der Waals surface area contributed by atoms with E-state index in [1.165, 1.54) is 0 Å². The van der Waals surface area contributed by atoms with Crippen LogP contribution in [-0.4, -0.2) is 16.0 Å². The first kappa shape index (κ1) is 15.5. The predicted molar refractivity (Wildman–Crippen MR) is 88.9 cm³/mol. The molecule has 0 bridgehead atoms. The zero-order valence-corrected chi connectivity index (χ0v) is 13.5. The Bertz CT molecular complexity index is 860. The summed E-state index contributed by atoms with van der Waals surface area (Å²) in [6.07, 6.45) is 0. The highest BCUT2D eigenvalue weighted by atomic mass is 35.5. The number of carbonyl (C=O) groups excluding carboxylic acids is 1. The number of nitrogens with one attached hydrogen (secondary N) is 1. The van der Waals surface area contributed by atoms with Gasteiger partial charge in [0.05, 0.1) is 10.7 Å². The van der Waals surface area contributed by atoms with E-state index in [0.29, 0.717) is 33.0 Å². The molecule has 116 valence electrons. The number of amides is 1. The Morgan fingerprint density at radius 1 is 1.13 bits per heavy atom. The molecule has 0 saturated carbocycles. The molecule has 0 saturated heterocycles. The van der Waals surface area contributed by atoms with Crippen LogP contribution >= 0.6 is 23.2 Å². The number of halogens is 2. The van der Waals surface area contributed by atoms with E-state index in [9.17, 15) is 4.79 Å². The molecule has 1 aromatic heterocycles. The third kappa shape index (κ3) is 3.52. The quantitative estimate of drug-likeness (QED) is 0.751. The van der Waals surface area contributed by atoms with E-state index in [2.05, 4.69) is 15.5 Å². The fraction of sp³-hybridized carbons (Fsp3) is 0.0625. The van der Waals surface area contributed by atoms with Crippen molar-refractivity contribution in [3.8, 4) is 11.5 Å². The molecular weight excluding hydrogens is 337 g/mol. The Labute approximate surface area is 142 Å². The normalized spacial score (nSPS) is 10.6. The van der Waals surface area contributed by atoms with Gasteiger partial charge in [-0.2, -0.15) is 4.98 Å². The first-order valence-corrected chi connectivity index (χ1v) is 7.45. The summed E-state index contributed by atoms with van der Waals surface area (Å²) in [5.74, 6) is 0.692. The summed E-state index contributed by atoms with van der Waals surface area (Å²) in [5, 5.41) is 7.35. The van der Waals surface area contributed by atoms with E-state index < -0.39 is 0 Å². The lowest BCUT2D eigenvalue weighted by Crippen LogP contribution is -2.12. The molecule has 0 spiro atoms. The highest BCUT2D eigenvalue weighted by Gasteiger charge is 2.11. The largest absolute Gasteiger partial charge is 0.334 e. The molecule has 1 N–H and O–H groups in total. The van der Waals surface area contributed by atoms with E-state index >= 15 is 0 Å². The van der Waals surface area contributed by atoms with Crippen molar-refractivity contribution in [3.05, 3.63) is 63.9 Å². The van der Waals surface area contributed by atoms with Gasteiger partial charge in [-0.3, -0.25) is 4.79 Å². The highest BCUT2D eigenvalue weighted by molar-refractivity contribution is 6.36. The molecule has 0 unspecified atom stereocenters. The van der Waals surface area contributed by atoms with Crippen LogP contribution in [-0.2, 0) is 0 Å². The second-order valence-electron chi connectivity index (χ2n) is 4.80. The third-order valence-electron chi connectivity index (χ3n) is 3.10. The van der Waals surface area contributed by atoms with Crippen LogP contribution in [0, 0.1) is 6.92 Å². The first-order valence-electron chi connectivity index (χ1n) is 6.70. The minimum atomic E-state index is -0.275. The molecule has 3 rings (SSSR count). The Hall–Kier alpha value is -2.37. The summed E-state index contributed by atoms with van der Waals surface area (Å²) in [6.45, 7) is 1.74. The van der Waals surface area contributed by atoms with E-state index in [1.807, 2.05) is 0 Å². The van der Waals surface area contributed by atoms with Crippen LogP contribution in [0.25, 0.3) is 11.5 Å². The Kier molecular flexibility index (Phi) is 4.32. The van der Waals surface area contributed by atoms with Gasteiger partial charge in [-0.1, -0.05) is 28.4 Å². The molecule has 1 heterocycles. The van der Waals surface area contributed by atoms with Gasteiger partial charge in [0, 0.05) is 16.1 Å². The van der Waals surface area contributed by atoms with Gasteiger partial charge in [0.15, 0.2) is 5.82 Å². The van der Waals surface area contributed by atoms with Crippen LogP contribution < -0.4 is 5.32 Å². The molecule has 23 heavy (non-hydrogen) atoms. The van der Waals surface area contributed by atoms with Crippen LogP contribution in [0.2, 0.25) is 10.0 Å². The van der Waals surface area contributed by atoms with Crippen LogP contribution in [0.15, 0.2) is 47.0 Å². The van der Waals surface area contributed by atoms with Crippen molar-refractivity contribution in [3.63, 3.8) is 0 Å². The second kappa shape index (κ2) is 6.40. The monoisotopic (exact) mass is 347 g/mol. The maximum absolute atomic E-state index is 12.2. The zero-order chi connectivity index (χ0) is 16.4. The average Bonchev–Trinajstić information content (AvgIpc) is 2.97. The van der Waals surface area contributed by atoms with Crippen molar-refractivity contribution in [2.45, 2.75) is 6.92 Å². The van der Waals surface area contributed by atoms with Crippen LogP contribution in [0.5, 0.6) is 0 Å². The predicted octanol–water partition coefficient (Wildman–Crippen LogP) is 4.60. The lowest BCUT2D eigenvalue weighted by molar-refractivity contribution is 0.102. The molecule has 3 aromatic rings. The lowest BCUT2D eigenvalue weighted by Gasteiger charge is -2.07. The van der Waals surface area contributed by atoms with Gasteiger partial charge >= 0.3 is 0 Å². The van der Waals surface area contributed by atoms with Crippen LogP contribution in [0.3, 0.4) is 0 Å². The van der Waals surface area contributed by atoms with Gasteiger partial charge < -0.3 is 9.84 Å². The van der Waals surface area contributed by atoms with Crippen LogP contribution in [0.4, 0.5) is 5.69 Å². The van der Waals surface area contributed by atoms with Gasteiger partial charge in [0.2, 0.25) is 0 Å². The van der Waals surface area contributed by atoms with E-state index in [4.69, 9.17) is 27.7 Å². The summed E-state index contributed by atoms with van der Waals surface area (Å²) < 4.78 is 5.08. The topological polar surface area (TPSA) is 68.0 Å². The molecule has 1 amide bonds. The van der Waals surface area contributed by atoms with E-state index in [1.54, 1.807) is 49.4 Å². The second-order valence-corrected chi connectivity index (χ2v) is 5.65. The number of aromatic nitrogens is 2. The minimum Gasteiger partial charge on any atom is -0.334 e. The van der Waals surface area contributed by atoms with Gasteiger partial charge in [-0.05, 0) is 49.4 Å². The molecule has 0 fully saturated rings. The molecule has 0 aliphatic rings. The zero-order valence-electron chi connectivity index (χ0n) is 12.0. The maximum Gasteiger partial charge on any atom is 0.257 e. The molecule has 2 aromatic carbocycles. The third-order valence-corrected chi connectivity index (χ3v) is 3.65. The van der Waals surface area contributed by atoms with Crippen molar-refractivity contribution in [2.75, 3.05) is 5.32 Å². The average molecular weight is 348 g/mol. The smallest absolute Gasteiger partial charge is 0.257 e. The van der Waals surface area contributed by atoms with Crippen molar-refractivity contribution in [1.82, 2.24) is 10.1 Å². The van der Waals surface area contributed by atoms with Crippen molar-refractivity contribution >= 4 is 34.8 Å². The first-order chi connectivity index (χ1) is 11.0. The fourth-order valence-electron chi connectivity index (χ4n) is 1.96. The van der Waals surface area contributed by atoms with Gasteiger partial charge in [-0.15, -0.1) is 0 Å². The fourth-order valence-corrected chi connectivity index (χ4v) is 2.42. The number of benzene rings is 2. The van der Waals surface area contributed by atoms with Crippen molar-refractivity contribution < 1.29 is 9.32 Å². The molecular formula is C16H11Cl2N3O2. The molecule has 5 nitrogen and oxygen atoms in total. The maximum atomic E-state index is 12.2. The Morgan fingerprint density at radius 2 is 1.87 bits per heavy atom. The summed E-state index contributed by atoms with van der Waals surface area (Å²) >= 11 is 11.9. The summed E-state index contributed by atoms with van der Waals surface area (Å²) in [6, 6.07) is 11.7. The standard InChI is InChI=1S/C16H11Cl2N3O2/c1-9-19-16(23-21-9)11-4-2-10(3-5-11)15(22)20-14-7-6-12(17)8-13(14)18/h2-8H,1H3,(H,20,22). The molecule has 7 heteroatoms. The molecule has 0 radical (unpaired) electrons. The van der Waals surface area contributed by atoms with Crippen molar-refractivity contribution in [1.29, 1.82) is 0 Å². The SMILES string of the molecule is Cc1noc(-c2ccc(C(=O)Nc3ccc(Cl)cc3Cl)cc2)n1. The number of rotatable bonds is 3. The number of hydrogen-bond donors (Lipinski definition) is 1. The van der Waals surface area contributed by atoms with Gasteiger partial charge in [0.25, 0.3) is 11.8 Å². The highest BCUT2D eigenvalue weighted by Crippen LogP contribution is 2.26. The Balaban J connectivity index is 1.77. The van der Waals surface area contributed by atoms with Crippen LogP contribution in [0.1, 0.15) is 16.2 Å².